The van der Waals surface area contributed by atoms with E-state index in [9.17, 15) is 9.59 Å². The normalized spacial score (nSPS) is 9.68. The topological polar surface area (TPSA) is 52.6 Å². The lowest BCUT2D eigenvalue weighted by atomic mass is 10.3. The number of carbonyl (C=O) groups excluding carboxylic acids is 2. The van der Waals surface area contributed by atoms with E-state index in [1.807, 2.05) is 0 Å². The van der Waals surface area contributed by atoms with Crippen LogP contribution in [0.5, 0.6) is 11.5 Å². The minimum Gasteiger partial charge on any atom is -0.426 e. The van der Waals surface area contributed by atoms with E-state index in [-0.39, 0.29) is 0 Å². The molecular weight excluding hydrogens is 244 g/mol. The summed E-state index contributed by atoms with van der Waals surface area (Å²) in [7, 11) is 0. The van der Waals surface area contributed by atoms with Gasteiger partial charge in [0.05, 0.1) is 0 Å². The minimum atomic E-state index is -0.646. The average molecular weight is 256 g/mol. The molecule has 0 aromatic heterocycles. The molecule has 0 saturated carbocycles. The van der Waals surface area contributed by atoms with Crippen molar-refractivity contribution in [3.05, 3.63) is 60.7 Å². The fourth-order valence-corrected chi connectivity index (χ4v) is 1.43. The molecule has 0 aliphatic carbocycles. The van der Waals surface area contributed by atoms with Crippen LogP contribution in [0.15, 0.2) is 60.7 Å². The molecule has 0 saturated heterocycles. The Hall–Kier alpha value is -2.62. The Balaban J connectivity index is 1.84. The van der Waals surface area contributed by atoms with Gasteiger partial charge in [0, 0.05) is 0 Å². The van der Waals surface area contributed by atoms with Gasteiger partial charge in [-0.1, -0.05) is 36.4 Å². The molecular formula is C15H12O4. The van der Waals surface area contributed by atoms with Crippen molar-refractivity contribution >= 4 is 11.9 Å². The number of para-hydroxylation sites is 2. The Morgan fingerprint density at radius 2 is 1.05 bits per heavy atom. The molecule has 4 heteroatoms. The van der Waals surface area contributed by atoms with E-state index in [2.05, 4.69) is 0 Å². The van der Waals surface area contributed by atoms with Crippen LogP contribution >= 0.6 is 0 Å². The Kier molecular flexibility index (Phi) is 4.29. The van der Waals surface area contributed by atoms with Crippen LogP contribution in [0.2, 0.25) is 0 Å². The molecule has 0 spiro atoms. The predicted octanol–water partition coefficient (Wildman–Crippen LogP) is 2.59. The number of esters is 2. The van der Waals surface area contributed by atoms with Crippen LogP contribution in [0.4, 0.5) is 0 Å². The molecule has 0 aliphatic rings. The quantitative estimate of drug-likeness (QED) is 0.479. The minimum absolute atomic E-state index is 0.403. The molecule has 0 aliphatic heterocycles. The lowest BCUT2D eigenvalue weighted by Crippen LogP contribution is -2.18. The van der Waals surface area contributed by atoms with E-state index in [0.29, 0.717) is 11.5 Å². The molecule has 0 unspecified atom stereocenters. The molecule has 19 heavy (non-hydrogen) atoms. The number of hydrogen-bond acceptors (Lipinski definition) is 4. The zero-order chi connectivity index (χ0) is 13.5. The van der Waals surface area contributed by atoms with Crippen LogP contribution in [0.3, 0.4) is 0 Å². The van der Waals surface area contributed by atoms with Crippen molar-refractivity contribution in [3.8, 4) is 11.5 Å². The maximum atomic E-state index is 11.5. The highest BCUT2D eigenvalue weighted by molar-refractivity contribution is 5.93. The van der Waals surface area contributed by atoms with Crippen LogP contribution in [0, 0.1) is 0 Å². The number of hydrogen-bond donors (Lipinski definition) is 0. The molecule has 0 heterocycles. The fraction of sp³-hybridized carbons (Fsp3) is 0.0667. The molecule has 0 fully saturated rings. The third kappa shape index (κ3) is 4.27. The largest absolute Gasteiger partial charge is 0.426 e. The second kappa shape index (κ2) is 6.35. The van der Waals surface area contributed by atoms with Crippen molar-refractivity contribution in [2.24, 2.45) is 0 Å². The maximum Gasteiger partial charge on any atom is 0.322 e. The van der Waals surface area contributed by atoms with Crippen LogP contribution in [0.25, 0.3) is 0 Å². The first-order valence-electron chi connectivity index (χ1n) is 5.75. The molecule has 4 nitrogen and oxygen atoms in total. The van der Waals surface area contributed by atoms with E-state index in [0.717, 1.165) is 0 Å². The van der Waals surface area contributed by atoms with Crippen molar-refractivity contribution < 1.29 is 19.1 Å². The van der Waals surface area contributed by atoms with Gasteiger partial charge in [0.15, 0.2) is 0 Å². The van der Waals surface area contributed by atoms with E-state index in [1.165, 1.54) is 0 Å². The highest BCUT2D eigenvalue weighted by Crippen LogP contribution is 2.11. The summed E-state index contributed by atoms with van der Waals surface area (Å²) in [5.74, 6) is -0.487. The lowest BCUT2D eigenvalue weighted by molar-refractivity contribution is -0.144. The zero-order valence-electron chi connectivity index (χ0n) is 10.1. The van der Waals surface area contributed by atoms with Gasteiger partial charge in [-0.05, 0) is 24.3 Å². The summed E-state index contributed by atoms with van der Waals surface area (Å²) in [4.78, 5) is 23.0. The van der Waals surface area contributed by atoms with Crippen molar-refractivity contribution in [2.45, 2.75) is 6.42 Å². The van der Waals surface area contributed by atoms with Crippen molar-refractivity contribution in [1.29, 1.82) is 0 Å². The molecule has 2 aromatic rings. The first-order chi connectivity index (χ1) is 9.24. The van der Waals surface area contributed by atoms with E-state index < -0.39 is 18.4 Å². The number of carbonyl (C=O) groups is 2. The Morgan fingerprint density at radius 1 is 0.684 bits per heavy atom. The lowest BCUT2D eigenvalue weighted by Gasteiger charge is -2.04. The maximum absolute atomic E-state index is 11.5. The smallest absolute Gasteiger partial charge is 0.322 e. The molecule has 96 valence electrons. The van der Waals surface area contributed by atoms with Crippen LogP contribution in [0.1, 0.15) is 6.42 Å². The Bertz CT molecular complexity index is 497. The average Bonchev–Trinajstić information content (AvgIpc) is 2.40. The van der Waals surface area contributed by atoms with Crippen molar-refractivity contribution in [2.75, 3.05) is 0 Å². The van der Waals surface area contributed by atoms with Gasteiger partial charge in [0.2, 0.25) is 0 Å². The molecule has 2 rings (SSSR count). The van der Waals surface area contributed by atoms with Gasteiger partial charge in [-0.2, -0.15) is 0 Å². The van der Waals surface area contributed by atoms with Gasteiger partial charge in [0.1, 0.15) is 17.9 Å². The molecule has 0 N–H and O–H groups in total. The monoisotopic (exact) mass is 256 g/mol. The third-order valence-electron chi connectivity index (χ3n) is 2.24. The second-order valence-electron chi connectivity index (χ2n) is 3.75. The number of rotatable bonds is 4. The van der Waals surface area contributed by atoms with Crippen LogP contribution in [-0.4, -0.2) is 11.9 Å². The molecule has 2 aromatic carbocycles. The Labute approximate surface area is 110 Å². The summed E-state index contributed by atoms with van der Waals surface area (Å²) < 4.78 is 9.97. The van der Waals surface area contributed by atoms with Gasteiger partial charge in [-0.3, -0.25) is 9.59 Å². The Morgan fingerprint density at radius 3 is 1.42 bits per heavy atom. The van der Waals surface area contributed by atoms with Gasteiger partial charge >= 0.3 is 11.9 Å². The van der Waals surface area contributed by atoms with Gasteiger partial charge in [0.25, 0.3) is 0 Å². The highest BCUT2D eigenvalue weighted by Gasteiger charge is 2.13. The zero-order valence-corrected chi connectivity index (χ0v) is 10.1. The molecule has 0 radical (unpaired) electrons. The van der Waals surface area contributed by atoms with E-state index in [1.54, 1.807) is 60.7 Å². The van der Waals surface area contributed by atoms with Gasteiger partial charge in [-0.25, -0.2) is 0 Å². The predicted molar refractivity (Wildman–Crippen MR) is 68.8 cm³/mol. The molecule has 0 amide bonds. The number of ether oxygens (including phenoxy) is 2. The SMILES string of the molecule is O=C(CC(=O)Oc1ccccc1)Oc1ccccc1. The van der Waals surface area contributed by atoms with Crippen LogP contribution < -0.4 is 9.47 Å². The summed E-state index contributed by atoms with van der Waals surface area (Å²) in [5.41, 5.74) is 0. The van der Waals surface area contributed by atoms with Crippen molar-refractivity contribution in [1.82, 2.24) is 0 Å². The molecule has 0 bridgehead atoms. The first kappa shape index (κ1) is 12.8. The summed E-state index contributed by atoms with van der Waals surface area (Å²) in [6.45, 7) is 0. The summed E-state index contributed by atoms with van der Waals surface area (Å²) in [6, 6.07) is 17.1. The second-order valence-corrected chi connectivity index (χ2v) is 3.75. The first-order valence-corrected chi connectivity index (χ1v) is 5.75. The molecule has 0 atom stereocenters. The van der Waals surface area contributed by atoms with Crippen molar-refractivity contribution in [3.63, 3.8) is 0 Å². The third-order valence-corrected chi connectivity index (χ3v) is 2.24. The van der Waals surface area contributed by atoms with E-state index >= 15 is 0 Å². The highest BCUT2D eigenvalue weighted by atomic mass is 16.6. The summed E-state index contributed by atoms with van der Waals surface area (Å²) in [6.07, 6.45) is -0.427. The summed E-state index contributed by atoms with van der Waals surface area (Å²) in [5, 5.41) is 0. The van der Waals surface area contributed by atoms with Gasteiger partial charge < -0.3 is 9.47 Å². The standard InChI is InChI=1S/C15H12O4/c16-14(18-12-7-3-1-4-8-12)11-15(17)19-13-9-5-2-6-10-13/h1-10H,11H2. The van der Waals surface area contributed by atoms with Crippen LogP contribution in [-0.2, 0) is 9.59 Å². The van der Waals surface area contributed by atoms with Gasteiger partial charge in [-0.15, -0.1) is 0 Å². The number of benzene rings is 2. The van der Waals surface area contributed by atoms with E-state index in [4.69, 9.17) is 9.47 Å². The fourth-order valence-electron chi connectivity index (χ4n) is 1.43. The summed E-state index contributed by atoms with van der Waals surface area (Å²) >= 11 is 0.